The van der Waals surface area contributed by atoms with Crippen LogP contribution < -0.4 is 0 Å². The van der Waals surface area contributed by atoms with Crippen LogP contribution in [-0.4, -0.2) is 37.2 Å². The summed E-state index contributed by atoms with van der Waals surface area (Å²) in [5.41, 5.74) is 0. The van der Waals surface area contributed by atoms with Gasteiger partial charge in [0.2, 0.25) is 0 Å². The Kier molecular flexibility index (Phi) is 50.9. The molecule has 1 atom stereocenters. The maximum absolute atomic E-state index is 12.8. The molecule has 6 heteroatoms. The number of ether oxygens (including phenoxy) is 3. The Labute approximate surface area is 407 Å². The van der Waals surface area contributed by atoms with E-state index in [1.165, 1.54) is 89.9 Å². The number of rotatable bonds is 48. The fraction of sp³-hybridized carbons (Fsp3) is 0.683. The zero-order valence-corrected chi connectivity index (χ0v) is 42.9. The lowest BCUT2D eigenvalue weighted by atomic mass is 10.1. The van der Waals surface area contributed by atoms with Crippen LogP contribution in [0.25, 0.3) is 0 Å². The van der Waals surface area contributed by atoms with E-state index >= 15 is 0 Å². The van der Waals surface area contributed by atoms with Gasteiger partial charge in [-0.15, -0.1) is 0 Å². The summed E-state index contributed by atoms with van der Waals surface area (Å²) in [6, 6.07) is 0. The molecule has 6 nitrogen and oxygen atoms in total. The minimum Gasteiger partial charge on any atom is -0.462 e. The first-order valence-electron chi connectivity index (χ1n) is 27.3. The quantitative estimate of drug-likeness (QED) is 0.0199. The van der Waals surface area contributed by atoms with Gasteiger partial charge in [0.05, 0.1) is 0 Å². The Hall–Kier alpha value is -3.67. The molecule has 0 aromatic carbocycles. The molecule has 0 aliphatic carbocycles. The molecule has 0 fully saturated rings. The van der Waals surface area contributed by atoms with Crippen LogP contribution in [0.4, 0.5) is 0 Å². The smallest absolute Gasteiger partial charge is 0.306 e. The fourth-order valence-corrected chi connectivity index (χ4v) is 7.28. The molecular weight excluding hydrogens is 817 g/mol. The Morgan fingerprint density at radius 2 is 0.591 bits per heavy atom. The molecule has 0 saturated carbocycles. The van der Waals surface area contributed by atoms with Crippen LogP contribution in [0, 0.1) is 0 Å². The van der Waals surface area contributed by atoms with E-state index in [0.29, 0.717) is 19.3 Å². The van der Waals surface area contributed by atoms with Crippen molar-refractivity contribution in [2.45, 2.75) is 252 Å². The van der Waals surface area contributed by atoms with E-state index in [9.17, 15) is 14.4 Å². The van der Waals surface area contributed by atoms with Crippen molar-refractivity contribution in [3.05, 3.63) is 97.2 Å². The molecule has 0 aromatic rings. The largest absolute Gasteiger partial charge is 0.462 e. The van der Waals surface area contributed by atoms with Gasteiger partial charge in [0.25, 0.3) is 0 Å². The molecule has 0 bridgehead atoms. The third-order valence-corrected chi connectivity index (χ3v) is 11.4. The molecule has 0 saturated heterocycles. The van der Waals surface area contributed by atoms with Crippen LogP contribution in [0.2, 0.25) is 0 Å². The van der Waals surface area contributed by atoms with Crippen molar-refractivity contribution in [3.8, 4) is 0 Å². The van der Waals surface area contributed by atoms with Crippen molar-refractivity contribution in [2.75, 3.05) is 13.2 Å². The Morgan fingerprint density at radius 1 is 0.303 bits per heavy atom. The molecule has 0 radical (unpaired) electrons. The summed E-state index contributed by atoms with van der Waals surface area (Å²) < 4.78 is 16.8. The maximum atomic E-state index is 12.8. The molecule has 0 aliphatic heterocycles. The lowest BCUT2D eigenvalue weighted by Crippen LogP contribution is -2.30. The van der Waals surface area contributed by atoms with Crippen LogP contribution in [0.1, 0.15) is 245 Å². The molecule has 1 unspecified atom stereocenters. The van der Waals surface area contributed by atoms with Gasteiger partial charge in [-0.25, -0.2) is 0 Å². The fourth-order valence-electron chi connectivity index (χ4n) is 7.28. The van der Waals surface area contributed by atoms with Crippen molar-refractivity contribution in [1.82, 2.24) is 0 Å². The number of unbranched alkanes of at least 4 members (excludes halogenated alkanes) is 26. The summed E-state index contributed by atoms with van der Waals surface area (Å²) >= 11 is 0. The average Bonchev–Trinajstić information content (AvgIpc) is 3.31. The normalized spacial score (nSPS) is 12.8. The number of hydrogen-bond donors (Lipinski definition) is 0. The highest BCUT2D eigenvalue weighted by atomic mass is 16.6. The molecule has 0 rings (SSSR count). The second kappa shape index (κ2) is 53.9. The second-order valence-electron chi connectivity index (χ2n) is 17.9. The minimum atomic E-state index is -0.801. The van der Waals surface area contributed by atoms with Crippen molar-refractivity contribution in [3.63, 3.8) is 0 Å². The third kappa shape index (κ3) is 51.3. The van der Waals surface area contributed by atoms with Gasteiger partial charge in [-0.05, 0) is 89.9 Å². The van der Waals surface area contributed by atoms with Gasteiger partial charge in [-0.1, -0.05) is 234 Å². The minimum absolute atomic E-state index is 0.0977. The van der Waals surface area contributed by atoms with Gasteiger partial charge in [0, 0.05) is 19.3 Å². The van der Waals surface area contributed by atoms with Crippen LogP contribution in [0.5, 0.6) is 0 Å². The average molecular weight is 917 g/mol. The molecule has 0 N–H and O–H groups in total. The lowest BCUT2D eigenvalue weighted by molar-refractivity contribution is -0.167. The Bertz CT molecular complexity index is 1330. The number of carbonyl (C=O) groups excluding carboxylic acids is 3. The van der Waals surface area contributed by atoms with E-state index in [0.717, 1.165) is 116 Å². The summed E-state index contributed by atoms with van der Waals surface area (Å²) in [7, 11) is 0. The van der Waals surface area contributed by atoms with Gasteiger partial charge >= 0.3 is 17.9 Å². The second-order valence-corrected chi connectivity index (χ2v) is 17.9. The molecule has 376 valence electrons. The monoisotopic (exact) mass is 917 g/mol. The predicted octanol–water partition coefficient (Wildman–Crippen LogP) is 18.1. The molecule has 0 aliphatic rings. The number of carbonyl (C=O) groups is 3. The van der Waals surface area contributed by atoms with Gasteiger partial charge in [-0.3, -0.25) is 14.4 Å². The summed E-state index contributed by atoms with van der Waals surface area (Å²) in [5.74, 6) is -0.947. The first-order valence-corrected chi connectivity index (χ1v) is 27.3. The van der Waals surface area contributed by atoms with E-state index in [1.54, 1.807) is 0 Å². The lowest BCUT2D eigenvalue weighted by Gasteiger charge is -2.18. The number of allylic oxidation sites excluding steroid dienone is 16. The summed E-state index contributed by atoms with van der Waals surface area (Å²) in [6.45, 7) is 6.48. The van der Waals surface area contributed by atoms with Crippen molar-refractivity contribution in [2.24, 2.45) is 0 Å². The van der Waals surface area contributed by atoms with E-state index < -0.39 is 6.10 Å². The van der Waals surface area contributed by atoms with Crippen LogP contribution >= 0.6 is 0 Å². The van der Waals surface area contributed by atoms with E-state index in [-0.39, 0.29) is 31.1 Å². The molecule has 0 amide bonds. The number of hydrogen-bond acceptors (Lipinski definition) is 6. The van der Waals surface area contributed by atoms with Gasteiger partial charge in [0.1, 0.15) is 13.2 Å². The highest BCUT2D eigenvalue weighted by molar-refractivity contribution is 5.71. The first-order chi connectivity index (χ1) is 32.5. The van der Waals surface area contributed by atoms with Crippen molar-refractivity contribution in [1.29, 1.82) is 0 Å². The first kappa shape index (κ1) is 62.3. The molecule has 0 spiro atoms. The van der Waals surface area contributed by atoms with Crippen molar-refractivity contribution >= 4 is 17.9 Å². The van der Waals surface area contributed by atoms with Crippen LogP contribution in [-0.2, 0) is 28.6 Å². The van der Waals surface area contributed by atoms with E-state index in [2.05, 4.69) is 93.7 Å². The molecule has 0 aromatic heterocycles. The highest BCUT2D eigenvalue weighted by Gasteiger charge is 2.19. The molecular formula is C60H100O6. The third-order valence-electron chi connectivity index (χ3n) is 11.4. The standard InChI is InChI=1S/C60H100O6/c1-4-7-10-13-16-19-22-25-27-29-31-33-35-38-41-44-47-50-53-59(62)65-56-57(55-64-58(61)52-49-46-43-40-37-24-21-18-15-12-9-6-3)66-60(63)54-51-48-45-42-39-36-34-32-30-28-26-23-20-17-14-11-8-5-2/h10,13,16,18-19,21-22,25,27-34,57H,4-9,11-12,14-15,17,20,23-24,26,35-56H2,1-3H3/b13-10-,19-16-,21-18-,25-22-,29-27-,30-28-,33-31-,34-32-. The summed E-state index contributed by atoms with van der Waals surface area (Å²) in [4.78, 5) is 38.1. The molecule has 0 heterocycles. The zero-order valence-electron chi connectivity index (χ0n) is 42.9. The Balaban J connectivity index is 4.48. The van der Waals surface area contributed by atoms with Gasteiger partial charge in [-0.2, -0.15) is 0 Å². The topological polar surface area (TPSA) is 78.9 Å². The van der Waals surface area contributed by atoms with E-state index in [4.69, 9.17) is 14.2 Å². The SMILES string of the molecule is CCC\C=C/C=C\C=C/C=C\C=C/CCCCCCCC(=O)OCC(COC(=O)CCCCCCC/C=C\CCCCC)OC(=O)CCCCCCC/C=C\C=C/CCCCCCCCC. The summed E-state index contributed by atoms with van der Waals surface area (Å²) in [6.07, 6.45) is 71.0. The van der Waals surface area contributed by atoms with Crippen LogP contribution in [0.3, 0.4) is 0 Å². The van der Waals surface area contributed by atoms with Crippen LogP contribution in [0.15, 0.2) is 97.2 Å². The highest BCUT2D eigenvalue weighted by Crippen LogP contribution is 2.14. The Morgan fingerprint density at radius 3 is 1.00 bits per heavy atom. The van der Waals surface area contributed by atoms with Gasteiger partial charge in [0.15, 0.2) is 6.10 Å². The van der Waals surface area contributed by atoms with Crippen molar-refractivity contribution < 1.29 is 28.6 Å². The van der Waals surface area contributed by atoms with Gasteiger partial charge < -0.3 is 14.2 Å². The summed E-state index contributed by atoms with van der Waals surface area (Å²) in [5, 5.41) is 0. The number of esters is 3. The molecule has 66 heavy (non-hydrogen) atoms. The predicted molar refractivity (Wildman–Crippen MR) is 284 cm³/mol. The maximum Gasteiger partial charge on any atom is 0.306 e. The van der Waals surface area contributed by atoms with E-state index in [1.807, 2.05) is 24.3 Å². The zero-order chi connectivity index (χ0) is 47.9.